The summed E-state index contributed by atoms with van der Waals surface area (Å²) in [5.74, 6) is -0.00866. The van der Waals surface area contributed by atoms with Gasteiger partial charge < -0.3 is 5.32 Å². The van der Waals surface area contributed by atoms with Gasteiger partial charge in [-0.3, -0.25) is 4.79 Å². The summed E-state index contributed by atoms with van der Waals surface area (Å²) in [5.41, 5.74) is 1.56. The molecule has 88 valence electrons. The number of halogens is 1. The highest BCUT2D eigenvalue weighted by atomic mass is 79.9. The van der Waals surface area contributed by atoms with E-state index < -0.39 is 0 Å². The van der Waals surface area contributed by atoms with E-state index in [2.05, 4.69) is 28.2 Å². The van der Waals surface area contributed by atoms with Gasteiger partial charge in [0.25, 0.3) is 5.91 Å². The van der Waals surface area contributed by atoms with Gasteiger partial charge in [-0.25, -0.2) is 0 Å². The predicted octanol–water partition coefficient (Wildman–Crippen LogP) is 3.68. The first-order valence-electron chi connectivity index (χ1n) is 5.44. The summed E-state index contributed by atoms with van der Waals surface area (Å²) < 4.78 is 0.928. The molecule has 16 heavy (non-hydrogen) atoms. The lowest BCUT2D eigenvalue weighted by Gasteiger charge is -2.25. The molecule has 0 saturated carbocycles. The molecule has 1 amide bonds. The van der Waals surface area contributed by atoms with Crippen molar-refractivity contribution < 1.29 is 4.79 Å². The predicted molar refractivity (Wildman–Crippen MR) is 70.7 cm³/mol. The monoisotopic (exact) mass is 283 g/mol. The Hall–Kier alpha value is -0.830. The van der Waals surface area contributed by atoms with Crippen molar-refractivity contribution in [2.24, 2.45) is 0 Å². The number of hydrogen-bond donors (Lipinski definition) is 1. The summed E-state index contributed by atoms with van der Waals surface area (Å²) in [4.78, 5) is 12.1. The molecule has 1 N–H and O–H groups in total. The van der Waals surface area contributed by atoms with Crippen LogP contribution >= 0.6 is 15.9 Å². The fourth-order valence-corrected chi connectivity index (χ4v) is 1.66. The second kappa shape index (κ2) is 5.00. The average molecular weight is 284 g/mol. The summed E-state index contributed by atoms with van der Waals surface area (Å²) in [6, 6.07) is 5.74. The van der Waals surface area contributed by atoms with E-state index in [1.54, 1.807) is 0 Å². The molecule has 3 heteroatoms. The third-order valence-electron chi connectivity index (χ3n) is 2.78. The zero-order valence-electron chi connectivity index (χ0n) is 10.2. The van der Waals surface area contributed by atoms with Gasteiger partial charge in [-0.15, -0.1) is 0 Å². The highest BCUT2D eigenvalue weighted by Gasteiger charge is 2.19. The molecule has 0 saturated heterocycles. The molecule has 0 bridgehead atoms. The van der Waals surface area contributed by atoms with Crippen LogP contribution in [0.25, 0.3) is 0 Å². The molecule has 0 spiro atoms. The van der Waals surface area contributed by atoms with Crippen molar-refractivity contribution in [3.8, 4) is 0 Å². The number of carbonyl (C=O) groups is 1. The number of nitrogens with one attached hydrogen (secondary N) is 1. The van der Waals surface area contributed by atoms with Crippen LogP contribution in [0.3, 0.4) is 0 Å². The lowest BCUT2D eigenvalue weighted by atomic mass is 10.0. The Morgan fingerprint density at radius 1 is 1.44 bits per heavy atom. The molecular weight excluding hydrogens is 266 g/mol. The summed E-state index contributed by atoms with van der Waals surface area (Å²) >= 11 is 3.38. The maximum Gasteiger partial charge on any atom is 0.251 e. The highest BCUT2D eigenvalue weighted by molar-refractivity contribution is 9.10. The first-order chi connectivity index (χ1) is 7.35. The number of amides is 1. The molecule has 0 radical (unpaired) electrons. The first kappa shape index (κ1) is 13.2. The van der Waals surface area contributed by atoms with E-state index in [0.717, 1.165) is 22.0 Å². The maximum atomic E-state index is 12.1. The second-order valence-corrected chi connectivity index (χ2v) is 5.57. The van der Waals surface area contributed by atoms with Crippen molar-refractivity contribution in [2.75, 3.05) is 0 Å². The molecule has 1 rings (SSSR count). The minimum Gasteiger partial charge on any atom is -0.347 e. The molecule has 0 aromatic heterocycles. The molecule has 0 aliphatic heterocycles. The fraction of sp³-hybridized carbons (Fsp3) is 0.462. The van der Waals surface area contributed by atoms with E-state index in [0.29, 0.717) is 0 Å². The van der Waals surface area contributed by atoms with Gasteiger partial charge in [0.1, 0.15) is 0 Å². The minimum absolute atomic E-state index is 0.00866. The number of rotatable bonds is 3. The average Bonchev–Trinajstić information content (AvgIpc) is 2.21. The summed E-state index contributed by atoms with van der Waals surface area (Å²) in [5, 5.41) is 3.03. The smallest absolute Gasteiger partial charge is 0.251 e. The van der Waals surface area contributed by atoms with Crippen LogP contribution in [0, 0.1) is 6.92 Å². The van der Waals surface area contributed by atoms with Gasteiger partial charge in [0.2, 0.25) is 0 Å². The highest BCUT2D eigenvalue weighted by Crippen LogP contribution is 2.17. The van der Waals surface area contributed by atoms with Crippen molar-refractivity contribution in [1.82, 2.24) is 5.32 Å². The number of aryl methyl sites for hydroxylation is 1. The molecule has 0 aliphatic carbocycles. The van der Waals surface area contributed by atoms with Gasteiger partial charge in [0, 0.05) is 15.6 Å². The van der Waals surface area contributed by atoms with Crippen LogP contribution < -0.4 is 5.32 Å². The molecule has 0 fully saturated rings. The van der Waals surface area contributed by atoms with Gasteiger partial charge in [0.05, 0.1) is 0 Å². The molecular formula is C13H18BrNO. The maximum absolute atomic E-state index is 12.1. The van der Waals surface area contributed by atoms with E-state index in [4.69, 9.17) is 0 Å². The Morgan fingerprint density at radius 3 is 2.62 bits per heavy atom. The standard InChI is InChI=1S/C13H18BrNO/c1-5-13(3,4)15-12(16)11-8-10(14)7-6-9(11)2/h6-8H,5H2,1-4H3,(H,15,16). The van der Waals surface area contributed by atoms with Crippen LogP contribution in [0.4, 0.5) is 0 Å². The SMILES string of the molecule is CCC(C)(C)NC(=O)c1cc(Br)ccc1C. The summed E-state index contributed by atoms with van der Waals surface area (Å²) in [6.07, 6.45) is 0.909. The van der Waals surface area contributed by atoms with Crippen LogP contribution in [-0.2, 0) is 0 Å². The van der Waals surface area contributed by atoms with E-state index in [-0.39, 0.29) is 11.4 Å². The fourth-order valence-electron chi connectivity index (χ4n) is 1.30. The Morgan fingerprint density at radius 2 is 2.06 bits per heavy atom. The molecule has 0 heterocycles. The lowest BCUT2D eigenvalue weighted by Crippen LogP contribution is -2.43. The normalized spacial score (nSPS) is 11.3. The number of benzene rings is 1. The quantitative estimate of drug-likeness (QED) is 0.901. The van der Waals surface area contributed by atoms with Crippen LogP contribution in [-0.4, -0.2) is 11.4 Å². The second-order valence-electron chi connectivity index (χ2n) is 4.65. The van der Waals surface area contributed by atoms with E-state index in [1.807, 2.05) is 39.0 Å². The zero-order chi connectivity index (χ0) is 12.3. The Balaban J connectivity index is 2.93. The number of hydrogen-bond acceptors (Lipinski definition) is 1. The van der Waals surface area contributed by atoms with E-state index in [9.17, 15) is 4.79 Å². The van der Waals surface area contributed by atoms with Crippen LogP contribution in [0.1, 0.15) is 43.1 Å². The minimum atomic E-state index is -0.161. The van der Waals surface area contributed by atoms with Crippen LogP contribution in [0.5, 0.6) is 0 Å². The van der Waals surface area contributed by atoms with E-state index in [1.165, 1.54) is 0 Å². The molecule has 0 unspecified atom stereocenters. The van der Waals surface area contributed by atoms with Crippen molar-refractivity contribution in [3.05, 3.63) is 33.8 Å². The van der Waals surface area contributed by atoms with Crippen molar-refractivity contribution in [1.29, 1.82) is 0 Å². The summed E-state index contributed by atoms with van der Waals surface area (Å²) in [6.45, 7) is 8.06. The Labute approximate surface area is 106 Å². The largest absolute Gasteiger partial charge is 0.347 e. The third kappa shape index (κ3) is 3.34. The Kier molecular flexibility index (Phi) is 4.14. The van der Waals surface area contributed by atoms with Crippen molar-refractivity contribution >= 4 is 21.8 Å². The van der Waals surface area contributed by atoms with Gasteiger partial charge in [-0.2, -0.15) is 0 Å². The van der Waals surface area contributed by atoms with Gasteiger partial charge >= 0.3 is 0 Å². The number of carbonyl (C=O) groups excluding carboxylic acids is 1. The topological polar surface area (TPSA) is 29.1 Å². The molecule has 0 atom stereocenters. The molecule has 1 aromatic rings. The summed E-state index contributed by atoms with van der Waals surface area (Å²) in [7, 11) is 0. The third-order valence-corrected chi connectivity index (χ3v) is 3.27. The molecule has 1 aromatic carbocycles. The first-order valence-corrected chi connectivity index (χ1v) is 6.23. The molecule has 2 nitrogen and oxygen atoms in total. The van der Waals surface area contributed by atoms with Crippen LogP contribution in [0.2, 0.25) is 0 Å². The van der Waals surface area contributed by atoms with Crippen molar-refractivity contribution in [3.63, 3.8) is 0 Å². The van der Waals surface area contributed by atoms with Gasteiger partial charge in [-0.1, -0.05) is 28.9 Å². The molecule has 0 aliphatic rings. The van der Waals surface area contributed by atoms with Gasteiger partial charge in [-0.05, 0) is 44.9 Å². The van der Waals surface area contributed by atoms with Crippen LogP contribution in [0.15, 0.2) is 22.7 Å². The Bertz CT molecular complexity index is 399. The van der Waals surface area contributed by atoms with Crippen molar-refractivity contribution in [2.45, 2.75) is 39.7 Å². The lowest BCUT2D eigenvalue weighted by molar-refractivity contribution is 0.0910. The zero-order valence-corrected chi connectivity index (χ0v) is 11.8. The van der Waals surface area contributed by atoms with E-state index >= 15 is 0 Å². The van der Waals surface area contributed by atoms with Gasteiger partial charge in [0.15, 0.2) is 0 Å².